The van der Waals surface area contributed by atoms with E-state index in [-0.39, 0.29) is 17.9 Å². The highest BCUT2D eigenvalue weighted by atomic mass is 16.5. The Balaban J connectivity index is 1.46. The number of rotatable bonds is 7. The van der Waals surface area contributed by atoms with E-state index in [2.05, 4.69) is 20.5 Å². The van der Waals surface area contributed by atoms with Crippen LogP contribution in [0.2, 0.25) is 0 Å². The Morgan fingerprint density at radius 1 is 1.13 bits per heavy atom. The minimum atomic E-state index is -0.470. The van der Waals surface area contributed by atoms with Crippen LogP contribution in [0, 0.1) is 0 Å². The highest BCUT2D eigenvalue weighted by Gasteiger charge is 2.21. The van der Waals surface area contributed by atoms with Gasteiger partial charge in [0.25, 0.3) is 11.8 Å². The average molecular weight is 422 g/mol. The molecule has 0 spiro atoms. The molecule has 8 nitrogen and oxygen atoms in total. The third-order valence-electron chi connectivity index (χ3n) is 5.08. The molecular formula is C23H26N4O4. The maximum Gasteiger partial charge on any atom is 0.311 e. The molecule has 0 saturated carbocycles. The second-order valence-corrected chi connectivity index (χ2v) is 7.91. The third kappa shape index (κ3) is 5.10. The first kappa shape index (κ1) is 21.0. The van der Waals surface area contributed by atoms with E-state index in [0.717, 1.165) is 31.6 Å². The predicted molar refractivity (Wildman–Crippen MR) is 117 cm³/mol. The molecule has 1 aliphatic rings. The van der Waals surface area contributed by atoms with Crippen molar-refractivity contribution in [2.75, 3.05) is 32.6 Å². The van der Waals surface area contributed by atoms with Gasteiger partial charge in [0.05, 0.1) is 11.7 Å². The van der Waals surface area contributed by atoms with Crippen LogP contribution in [-0.2, 0) is 11.3 Å². The standard InChI is InChI=1S/C23H26N4O4/c1-27(2)14-15-8-10-16(11-9-15)25-22(29)23-26-19-7-3-6-18(20(19)31-23)21(28)24-13-17-5-4-12-30-17/h3,6-11,17H,4-5,12-14H2,1-2H3,(H,24,28)(H,25,29). The summed E-state index contributed by atoms with van der Waals surface area (Å²) in [6.45, 7) is 1.99. The van der Waals surface area contributed by atoms with Crippen LogP contribution in [0.1, 0.15) is 39.4 Å². The first-order valence-electron chi connectivity index (χ1n) is 10.3. The fraction of sp³-hybridized carbons (Fsp3) is 0.348. The molecule has 0 radical (unpaired) electrons. The first-order chi connectivity index (χ1) is 15.0. The number of carbonyl (C=O) groups excluding carboxylic acids is 2. The zero-order chi connectivity index (χ0) is 21.8. The summed E-state index contributed by atoms with van der Waals surface area (Å²) in [5, 5.41) is 5.66. The topological polar surface area (TPSA) is 96.7 Å². The van der Waals surface area contributed by atoms with Crippen LogP contribution >= 0.6 is 0 Å². The average Bonchev–Trinajstić information content (AvgIpc) is 3.42. The van der Waals surface area contributed by atoms with E-state index in [1.54, 1.807) is 18.2 Å². The SMILES string of the molecule is CN(C)Cc1ccc(NC(=O)c2nc3cccc(C(=O)NCC4CCCO4)c3o2)cc1. The van der Waals surface area contributed by atoms with Gasteiger partial charge in [-0.2, -0.15) is 0 Å². The second kappa shape index (κ2) is 9.28. The summed E-state index contributed by atoms with van der Waals surface area (Å²) >= 11 is 0. The number of benzene rings is 2. The third-order valence-corrected chi connectivity index (χ3v) is 5.08. The number of nitrogens with zero attached hydrogens (tertiary/aromatic N) is 2. The molecule has 8 heteroatoms. The largest absolute Gasteiger partial charge is 0.431 e. The summed E-state index contributed by atoms with van der Waals surface area (Å²) in [6.07, 6.45) is 1.99. The Morgan fingerprint density at radius 3 is 2.65 bits per heavy atom. The lowest BCUT2D eigenvalue weighted by Gasteiger charge is -2.10. The monoisotopic (exact) mass is 422 g/mol. The van der Waals surface area contributed by atoms with E-state index in [9.17, 15) is 9.59 Å². The normalized spacial score (nSPS) is 16.0. The number of fused-ring (bicyclic) bond motifs is 1. The number of ether oxygens (including phenoxy) is 1. The van der Waals surface area contributed by atoms with Crippen molar-refractivity contribution < 1.29 is 18.7 Å². The molecule has 31 heavy (non-hydrogen) atoms. The van der Waals surface area contributed by atoms with Crippen LogP contribution in [0.4, 0.5) is 5.69 Å². The number of aromatic nitrogens is 1. The van der Waals surface area contributed by atoms with Gasteiger partial charge in [0.2, 0.25) is 0 Å². The summed E-state index contributed by atoms with van der Waals surface area (Å²) in [6, 6.07) is 12.7. The van der Waals surface area contributed by atoms with Gasteiger partial charge in [-0.05, 0) is 56.8 Å². The van der Waals surface area contributed by atoms with Crippen molar-refractivity contribution in [3.63, 3.8) is 0 Å². The summed E-state index contributed by atoms with van der Waals surface area (Å²) in [4.78, 5) is 31.6. The molecule has 2 heterocycles. The van der Waals surface area contributed by atoms with E-state index >= 15 is 0 Å². The highest BCUT2D eigenvalue weighted by molar-refractivity contribution is 6.06. The molecule has 1 unspecified atom stereocenters. The molecule has 0 bridgehead atoms. The fourth-order valence-corrected chi connectivity index (χ4v) is 3.58. The molecule has 2 amide bonds. The molecule has 1 atom stereocenters. The van der Waals surface area contributed by atoms with Gasteiger partial charge in [0.15, 0.2) is 5.58 Å². The molecule has 162 valence electrons. The van der Waals surface area contributed by atoms with E-state index in [1.165, 1.54) is 0 Å². The van der Waals surface area contributed by atoms with Gasteiger partial charge in [-0.25, -0.2) is 4.98 Å². The van der Waals surface area contributed by atoms with Crippen molar-refractivity contribution in [1.29, 1.82) is 0 Å². The van der Waals surface area contributed by atoms with Crippen LogP contribution in [0.25, 0.3) is 11.1 Å². The zero-order valence-electron chi connectivity index (χ0n) is 17.7. The van der Waals surface area contributed by atoms with Gasteiger partial charge in [-0.1, -0.05) is 18.2 Å². The number of para-hydroxylation sites is 1. The number of hydrogen-bond acceptors (Lipinski definition) is 6. The van der Waals surface area contributed by atoms with Gasteiger partial charge in [-0.15, -0.1) is 0 Å². The molecule has 3 aromatic rings. The van der Waals surface area contributed by atoms with Crippen molar-refractivity contribution in [3.8, 4) is 0 Å². The minimum Gasteiger partial charge on any atom is -0.431 e. The molecule has 1 fully saturated rings. The Bertz CT molecular complexity index is 1070. The van der Waals surface area contributed by atoms with Crippen LogP contribution in [0.5, 0.6) is 0 Å². The molecular weight excluding hydrogens is 396 g/mol. The minimum absolute atomic E-state index is 0.0448. The molecule has 0 aliphatic carbocycles. The van der Waals surface area contributed by atoms with Crippen molar-refractivity contribution in [2.24, 2.45) is 0 Å². The lowest BCUT2D eigenvalue weighted by molar-refractivity contribution is 0.0857. The summed E-state index contributed by atoms with van der Waals surface area (Å²) in [5.74, 6) is -0.838. The maximum absolute atomic E-state index is 12.6. The number of anilines is 1. The molecule has 1 aromatic heterocycles. The maximum atomic E-state index is 12.6. The van der Waals surface area contributed by atoms with E-state index in [4.69, 9.17) is 9.15 Å². The Kier molecular flexibility index (Phi) is 6.29. The quantitative estimate of drug-likeness (QED) is 0.608. The molecule has 2 N–H and O–H groups in total. The zero-order valence-corrected chi connectivity index (χ0v) is 17.7. The van der Waals surface area contributed by atoms with Crippen LogP contribution in [0.15, 0.2) is 46.9 Å². The van der Waals surface area contributed by atoms with Crippen molar-refractivity contribution >= 4 is 28.6 Å². The van der Waals surface area contributed by atoms with Crippen LogP contribution in [0.3, 0.4) is 0 Å². The first-order valence-corrected chi connectivity index (χ1v) is 10.3. The number of oxazole rings is 1. The van der Waals surface area contributed by atoms with Crippen molar-refractivity contribution in [2.45, 2.75) is 25.5 Å². The predicted octanol–water partition coefficient (Wildman–Crippen LogP) is 3.05. The lowest BCUT2D eigenvalue weighted by Crippen LogP contribution is -2.31. The molecule has 4 rings (SSSR count). The highest BCUT2D eigenvalue weighted by Crippen LogP contribution is 2.21. The van der Waals surface area contributed by atoms with Crippen LogP contribution in [-0.4, -0.2) is 55.0 Å². The lowest BCUT2D eigenvalue weighted by atomic mass is 10.1. The smallest absolute Gasteiger partial charge is 0.311 e. The second-order valence-electron chi connectivity index (χ2n) is 7.91. The van der Waals surface area contributed by atoms with E-state index < -0.39 is 5.91 Å². The molecule has 1 aliphatic heterocycles. The molecule has 1 saturated heterocycles. The number of carbonyl (C=O) groups is 2. The molecule has 2 aromatic carbocycles. The Morgan fingerprint density at radius 2 is 1.94 bits per heavy atom. The summed E-state index contributed by atoms with van der Waals surface area (Å²) in [7, 11) is 4.00. The number of amides is 2. The van der Waals surface area contributed by atoms with Gasteiger partial charge < -0.3 is 24.7 Å². The van der Waals surface area contributed by atoms with Crippen molar-refractivity contribution in [1.82, 2.24) is 15.2 Å². The fourth-order valence-electron chi connectivity index (χ4n) is 3.58. The number of hydrogen-bond donors (Lipinski definition) is 2. The van der Waals surface area contributed by atoms with Gasteiger partial charge in [-0.3, -0.25) is 9.59 Å². The van der Waals surface area contributed by atoms with Gasteiger partial charge in [0, 0.05) is 25.4 Å². The van der Waals surface area contributed by atoms with E-state index in [0.29, 0.717) is 28.9 Å². The van der Waals surface area contributed by atoms with E-state index in [1.807, 2.05) is 38.4 Å². The van der Waals surface area contributed by atoms with Crippen LogP contribution < -0.4 is 10.6 Å². The number of nitrogens with one attached hydrogen (secondary N) is 2. The summed E-state index contributed by atoms with van der Waals surface area (Å²) in [5.41, 5.74) is 2.87. The van der Waals surface area contributed by atoms with Crippen molar-refractivity contribution in [3.05, 3.63) is 59.5 Å². The van der Waals surface area contributed by atoms with Gasteiger partial charge in [0.1, 0.15) is 5.52 Å². The van der Waals surface area contributed by atoms with Gasteiger partial charge >= 0.3 is 5.91 Å². The summed E-state index contributed by atoms with van der Waals surface area (Å²) < 4.78 is 11.2. The Labute approximate surface area is 180 Å². The Hall–Kier alpha value is -3.23.